The fourth-order valence-corrected chi connectivity index (χ4v) is 2.51. The molecule has 0 unspecified atom stereocenters. The van der Waals surface area contributed by atoms with Gasteiger partial charge in [-0.05, 0) is 30.0 Å². The Bertz CT molecular complexity index is 457. The summed E-state index contributed by atoms with van der Waals surface area (Å²) in [5.74, 6) is 0.599. The molecule has 17 heavy (non-hydrogen) atoms. The van der Waals surface area contributed by atoms with Crippen molar-refractivity contribution in [3.63, 3.8) is 0 Å². The first-order chi connectivity index (χ1) is 8.20. The van der Waals surface area contributed by atoms with E-state index in [2.05, 4.69) is 46.5 Å². The van der Waals surface area contributed by atoms with Crippen LogP contribution >= 0.6 is 11.3 Å². The number of hydrogen-bond donors (Lipinski definition) is 1. The first-order valence-corrected chi connectivity index (χ1v) is 6.94. The van der Waals surface area contributed by atoms with Crippen LogP contribution in [0.25, 0.3) is 11.3 Å². The summed E-state index contributed by atoms with van der Waals surface area (Å²) in [6.45, 7) is 6.04. The number of aromatic nitrogens is 2. The van der Waals surface area contributed by atoms with Crippen molar-refractivity contribution in [3.8, 4) is 11.3 Å². The molecule has 0 radical (unpaired) electrons. The van der Waals surface area contributed by atoms with Gasteiger partial charge < -0.3 is 5.73 Å². The predicted octanol–water partition coefficient (Wildman–Crippen LogP) is 2.77. The number of nitrogens with zero attached hydrogens (tertiary/aromatic N) is 2. The minimum atomic E-state index is 0.599. The smallest absolute Gasteiger partial charge is 0.0934 e. The third kappa shape index (κ3) is 2.96. The maximum absolute atomic E-state index is 5.65. The molecule has 2 rings (SSSR count). The third-order valence-corrected chi connectivity index (χ3v) is 3.30. The summed E-state index contributed by atoms with van der Waals surface area (Å²) in [6, 6.07) is 4.27. The lowest BCUT2D eigenvalue weighted by molar-refractivity contribution is 0.469. The molecule has 0 aliphatic rings. The molecule has 0 atom stereocenters. The van der Waals surface area contributed by atoms with Crippen LogP contribution in [0.3, 0.4) is 0 Å². The summed E-state index contributed by atoms with van der Waals surface area (Å²) in [7, 11) is 0. The van der Waals surface area contributed by atoms with E-state index in [9.17, 15) is 0 Å². The van der Waals surface area contributed by atoms with Gasteiger partial charge in [-0.2, -0.15) is 16.4 Å². The second-order valence-electron chi connectivity index (χ2n) is 4.65. The molecule has 0 aromatic carbocycles. The summed E-state index contributed by atoms with van der Waals surface area (Å²) in [5, 5.41) is 8.90. The molecule has 0 amide bonds. The van der Waals surface area contributed by atoms with Crippen LogP contribution in [0, 0.1) is 5.92 Å². The van der Waals surface area contributed by atoms with E-state index in [-0.39, 0.29) is 0 Å². The molecule has 0 aliphatic carbocycles. The number of hydrogen-bond acceptors (Lipinski definition) is 3. The molecule has 0 aliphatic heterocycles. The lowest BCUT2D eigenvalue weighted by Gasteiger charge is -2.08. The van der Waals surface area contributed by atoms with E-state index < -0.39 is 0 Å². The van der Waals surface area contributed by atoms with Gasteiger partial charge in [0.1, 0.15) is 0 Å². The fourth-order valence-electron chi connectivity index (χ4n) is 1.86. The highest BCUT2D eigenvalue weighted by Crippen LogP contribution is 2.22. The average molecular weight is 249 g/mol. The van der Waals surface area contributed by atoms with Crippen molar-refractivity contribution < 1.29 is 0 Å². The lowest BCUT2D eigenvalue weighted by atomic mass is 10.2. The molecule has 0 spiro atoms. The molecule has 3 nitrogen and oxygen atoms in total. The van der Waals surface area contributed by atoms with Crippen molar-refractivity contribution in [1.29, 1.82) is 0 Å². The Kier molecular flexibility index (Phi) is 3.97. The van der Waals surface area contributed by atoms with Crippen molar-refractivity contribution in [3.05, 3.63) is 28.6 Å². The van der Waals surface area contributed by atoms with Crippen LogP contribution in [0.1, 0.15) is 19.5 Å². The van der Waals surface area contributed by atoms with Gasteiger partial charge in [0.15, 0.2) is 0 Å². The van der Waals surface area contributed by atoms with Gasteiger partial charge in [-0.3, -0.25) is 4.68 Å². The fraction of sp³-hybridized carbons (Fsp3) is 0.462. The Balaban J connectivity index is 2.30. The van der Waals surface area contributed by atoms with Crippen molar-refractivity contribution in [1.82, 2.24) is 9.78 Å². The van der Waals surface area contributed by atoms with Gasteiger partial charge in [0.05, 0.1) is 5.69 Å². The van der Waals surface area contributed by atoms with Gasteiger partial charge in [0.2, 0.25) is 0 Å². The summed E-state index contributed by atoms with van der Waals surface area (Å²) in [4.78, 5) is 0. The molecule has 2 aromatic rings. The summed E-state index contributed by atoms with van der Waals surface area (Å²) < 4.78 is 2.10. The van der Waals surface area contributed by atoms with Crippen molar-refractivity contribution in [2.24, 2.45) is 11.7 Å². The van der Waals surface area contributed by atoms with E-state index in [0.29, 0.717) is 12.5 Å². The summed E-state index contributed by atoms with van der Waals surface area (Å²) in [5.41, 5.74) is 9.16. The Labute approximate surface area is 106 Å². The highest BCUT2D eigenvalue weighted by molar-refractivity contribution is 7.08. The highest BCUT2D eigenvalue weighted by Gasteiger charge is 2.10. The van der Waals surface area contributed by atoms with Gasteiger partial charge >= 0.3 is 0 Å². The van der Waals surface area contributed by atoms with E-state index in [4.69, 9.17) is 5.73 Å². The van der Waals surface area contributed by atoms with Crippen molar-refractivity contribution in [2.45, 2.75) is 26.8 Å². The van der Waals surface area contributed by atoms with Gasteiger partial charge in [0, 0.05) is 29.6 Å². The van der Waals surface area contributed by atoms with E-state index in [1.54, 1.807) is 11.3 Å². The van der Waals surface area contributed by atoms with Crippen LogP contribution in [-0.2, 0) is 13.0 Å². The topological polar surface area (TPSA) is 43.8 Å². The van der Waals surface area contributed by atoms with Gasteiger partial charge in [-0.15, -0.1) is 0 Å². The molecule has 92 valence electrons. The van der Waals surface area contributed by atoms with Crippen LogP contribution in [-0.4, -0.2) is 16.3 Å². The Morgan fingerprint density at radius 1 is 1.47 bits per heavy atom. The molecule has 0 bridgehead atoms. The van der Waals surface area contributed by atoms with Crippen LogP contribution in [0.4, 0.5) is 0 Å². The molecule has 0 saturated heterocycles. The minimum Gasteiger partial charge on any atom is -0.330 e. The van der Waals surface area contributed by atoms with Gasteiger partial charge in [-0.1, -0.05) is 13.8 Å². The van der Waals surface area contributed by atoms with Crippen LogP contribution in [0.15, 0.2) is 22.9 Å². The normalized spacial score (nSPS) is 11.3. The quantitative estimate of drug-likeness (QED) is 0.885. The maximum atomic E-state index is 5.65. The molecule has 2 aromatic heterocycles. The largest absolute Gasteiger partial charge is 0.330 e. The molecular formula is C13H19N3S. The van der Waals surface area contributed by atoms with E-state index in [1.807, 2.05) is 0 Å². The van der Waals surface area contributed by atoms with Crippen LogP contribution in [0.2, 0.25) is 0 Å². The lowest BCUT2D eigenvalue weighted by Crippen LogP contribution is -2.13. The Morgan fingerprint density at radius 3 is 2.88 bits per heavy atom. The molecule has 2 N–H and O–H groups in total. The predicted molar refractivity (Wildman–Crippen MR) is 73.1 cm³/mol. The van der Waals surface area contributed by atoms with E-state index >= 15 is 0 Å². The Hall–Kier alpha value is -1.13. The third-order valence-electron chi connectivity index (χ3n) is 2.62. The first kappa shape index (κ1) is 12.3. The Morgan fingerprint density at radius 2 is 2.29 bits per heavy atom. The van der Waals surface area contributed by atoms with Gasteiger partial charge in [-0.25, -0.2) is 0 Å². The number of thiophene rings is 1. The zero-order chi connectivity index (χ0) is 12.3. The van der Waals surface area contributed by atoms with Crippen molar-refractivity contribution >= 4 is 11.3 Å². The van der Waals surface area contributed by atoms with Crippen molar-refractivity contribution in [2.75, 3.05) is 6.54 Å². The molecule has 0 fully saturated rings. The molecule has 4 heteroatoms. The van der Waals surface area contributed by atoms with Crippen LogP contribution in [0.5, 0.6) is 0 Å². The SMILES string of the molecule is CC(C)Cn1nc(-c2ccsc2)cc1CCN. The molecule has 0 saturated carbocycles. The van der Waals surface area contributed by atoms with E-state index in [1.165, 1.54) is 11.3 Å². The highest BCUT2D eigenvalue weighted by atomic mass is 32.1. The minimum absolute atomic E-state index is 0.599. The standard InChI is InChI=1S/C13H19N3S/c1-10(2)8-16-12(3-5-14)7-13(15-16)11-4-6-17-9-11/h4,6-7,9-10H,3,5,8,14H2,1-2H3. The van der Waals surface area contributed by atoms with E-state index in [0.717, 1.165) is 18.7 Å². The average Bonchev–Trinajstić information content (AvgIpc) is 2.87. The van der Waals surface area contributed by atoms with Gasteiger partial charge in [0.25, 0.3) is 0 Å². The molecule has 2 heterocycles. The number of nitrogens with two attached hydrogens (primary N) is 1. The first-order valence-electron chi connectivity index (χ1n) is 6.00. The monoisotopic (exact) mass is 249 g/mol. The molecular weight excluding hydrogens is 230 g/mol. The summed E-state index contributed by atoms with van der Waals surface area (Å²) in [6.07, 6.45) is 0.893. The number of rotatable bonds is 5. The summed E-state index contributed by atoms with van der Waals surface area (Å²) >= 11 is 1.70. The van der Waals surface area contributed by atoms with Crippen LogP contribution < -0.4 is 5.73 Å². The zero-order valence-corrected chi connectivity index (χ0v) is 11.2. The zero-order valence-electron chi connectivity index (χ0n) is 10.4. The maximum Gasteiger partial charge on any atom is 0.0934 e. The second kappa shape index (κ2) is 5.47. The second-order valence-corrected chi connectivity index (χ2v) is 5.43.